The maximum atomic E-state index is 11.9. The van der Waals surface area contributed by atoms with E-state index in [-0.39, 0.29) is 6.04 Å². The number of benzene rings is 1. The number of amides is 1. The average molecular weight is 249 g/mol. The van der Waals surface area contributed by atoms with Crippen LogP contribution in [0.2, 0.25) is 0 Å². The van der Waals surface area contributed by atoms with E-state index in [4.69, 9.17) is 5.11 Å². The molecule has 0 aliphatic rings. The van der Waals surface area contributed by atoms with Crippen molar-refractivity contribution >= 4 is 11.9 Å². The molecule has 2 atom stereocenters. The van der Waals surface area contributed by atoms with Crippen molar-refractivity contribution in [2.24, 2.45) is 5.92 Å². The summed E-state index contributed by atoms with van der Waals surface area (Å²) in [5.74, 6) is -2.46. The zero-order chi connectivity index (χ0) is 13.5. The molecule has 4 heteroatoms. The maximum absolute atomic E-state index is 11.9. The Bertz CT molecular complexity index is 403. The summed E-state index contributed by atoms with van der Waals surface area (Å²) in [5, 5.41) is 11.7. The molecule has 2 N–H and O–H groups in total. The van der Waals surface area contributed by atoms with Crippen LogP contribution < -0.4 is 5.32 Å². The van der Waals surface area contributed by atoms with Crippen LogP contribution in [-0.2, 0) is 9.59 Å². The molecule has 1 aromatic carbocycles. The van der Waals surface area contributed by atoms with Crippen LogP contribution in [0.3, 0.4) is 0 Å². The van der Waals surface area contributed by atoms with Gasteiger partial charge >= 0.3 is 5.97 Å². The first-order valence-corrected chi connectivity index (χ1v) is 6.18. The molecule has 0 radical (unpaired) electrons. The Kier molecular flexibility index (Phi) is 5.36. The summed E-state index contributed by atoms with van der Waals surface area (Å²) in [6.45, 7) is 3.65. The van der Waals surface area contributed by atoms with Crippen molar-refractivity contribution in [3.05, 3.63) is 35.9 Å². The van der Waals surface area contributed by atoms with Crippen LogP contribution in [0.5, 0.6) is 0 Å². The van der Waals surface area contributed by atoms with E-state index in [0.29, 0.717) is 6.42 Å². The second-order valence-electron chi connectivity index (χ2n) is 4.18. The molecule has 0 heterocycles. The van der Waals surface area contributed by atoms with E-state index < -0.39 is 17.8 Å². The summed E-state index contributed by atoms with van der Waals surface area (Å²) in [6, 6.07) is 9.43. The predicted octanol–water partition coefficient (Wildman–Crippen LogP) is 2.36. The standard InChI is InChI=1S/C14H19NO3/c1-3-11(14(17)18)13(16)15-12(4-2)10-8-6-5-7-9-10/h5-9,11-12H,3-4H2,1-2H3,(H,15,16)(H,17,18)/t11-,12+/m1/s1. The lowest BCUT2D eigenvalue weighted by molar-refractivity contribution is -0.147. The highest BCUT2D eigenvalue weighted by Crippen LogP contribution is 2.17. The second kappa shape index (κ2) is 6.79. The van der Waals surface area contributed by atoms with Gasteiger partial charge in [0.05, 0.1) is 6.04 Å². The van der Waals surface area contributed by atoms with Crippen molar-refractivity contribution in [3.8, 4) is 0 Å². The fourth-order valence-corrected chi connectivity index (χ4v) is 1.85. The van der Waals surface area contributed by atoms with E-state index in [2.05, 4.69) is 5.32 Å². The van der Waals surface area contributed by atoms with Gasteiger partial charge in [0.25, 0.3) is 0 Å². The minimum atomic E-state index is -1.07. The lowest BCUT2D eigenvalue weighted by atomic mass is 10.0. The Morgan fingerprint density at radius 2 is 1.78 bits per heavy atom. The number of rotatable bonds is 6. The normalized spacial score (nSPS) is 13.7. The van der Waals surface area contributed by atoms with Gasteiger partial charge in [-0.25, -0.2) is 0 Å². The van der Waals surface area contributed by atoms with Gasteiger partial charge in [-0.05, 0) is 18.4 Å². The van der Waals surface area contributed by atoms with Gasteiger partial charge in [-0.1, -0.05) is 44.2 Å². The molecule has 0 aromatic heterocycles. The molecule has 0 fully saturated rings. The fourth-order valence-electron chi connectivity index (χ4n) is 1.85. The van der Waals surface area contributed by atoms with Crippen molar-refractivity contribution < 1.29 is 14.7 Å². The van der Waals surface area contributed by atoms with Gasteiger partial charge in [-0.15, -0.1) is 0 Å². The lowest BCUT2D eigenvalue weighted by Gasteiger charge is -2.19. The number of hydrogen-bond donors (Lipinski definition) is 2. The summed E-state index contributed by atoms with van der Waals surface area (Å²) in [5.41, 5.74) is 0.994. The molecule has 1 aromatic rings. The molecule has 0 aliphatic heterocycles. The minimum Gasteiger partial charge on any atom is -0.481 e. The zero-order valence-electron chi connectivity index (χ0n) is 10.7. The zero-order valence-corrected chi connectivity index (χ0v) is 10.7. The summed E-state index contributed by atoms with van der Waals surface area (Å²) >= 11 is 0. The largest absolute Gasteiger partial charge is 0.481 e. The van der Waals surface area contributed by atoms with Crippen molar-refractivity contribution in [2.45, 2.75) is 32.7 Å². The quantitative estimate of drug-likeness (QED) is 0.761. The molecule has 1 amide bonds. The molecular weight excluding hydrogens is 230 g/mol. The molecule has 0 bridgehead atoms. The molecule has 0 aliphatic carbocycles. The van der Waals surface area contributed by atoms with Crippen LogP contribution in [0.25, 0.3) is 0 Å². The molecule has 1 rings (SSSR count). The van der Waals surface area contributed by atoms with Crippen LogP contribution in [0, 0.1) is 5.92 Å². The summed E-state index contributed by atoms with van der Waals surface area (Å²) < 4.78 is 0. The molecular formula is C14H19NO3. The third-order valence-electron chi connectivity index (χ3n) is 2.95. The number of carboxylic acids is 1. The minimum absolute atomic E-state index is 0.132. The van der Waals surface area contributed by atoms with E-state index in [1.807, 2.05) is 37.3 Å². The number of hydrogen-bond acceptors (Lipinski definition) is 2. The highest BCUT2D eigenvalue weighted by molar-refractivity contribution is 5.97. The topological polar surface area (TPSA) is 66.4 Å². The Morgan fingerprint density at radius 3 is 2.22 bits per heavy atom. The maximum Gasteiger partial charge on any atom is 0.316 e. The van der Waals surface area contributed by atoms with Gasteiger partial charge in [0.2, 0.25) is 5.91 Å². The van der Waals surface area contributed by atoms with Crippen LogP contribution in [0.15, 0.2) is 30.3 Å². The smallest absolute Gasteiger partial charge is 0.316 e. The van der Waals surface area contributed by atoms with E-state index in [0.717, 1.165) is 12.0 Å². The molecule has 4 nitrogen and oxygen atoms in total. The second-order valence-corrected chi connectivity index (χ2v) is 4.18. The van der Waals surface area contributed by atoms with Gasteiger partial charge < -0.3 is 10.4 Å². The highest BCUT2D eigenvalue weighted by Gasteiger charge is 2.25. The van der Waals surface area contributed by atoms with Gasteiger partial charge in [-0.3, -0.25) is 9.59 Å². The number of nitrogens with one attached hydrogen (secondary N) is 1. The van der Waals surface area contributed by atoms with Gasteiger partial charge in [0.15, 0.2) is 0 Å². The Labute approximate surface area is 107 Å². The first-order chi connectivity index (χ1) is 8.60. The van der Waals surface area contributed by atoms with Gasteiger partial charge in [-0.2, -0.15) is 0 Å². The first-order valence-electron chi connectivity index (χ1n) is 6.18. The van der Waals surface area contributed by atoms with Crippen LogP contribution in [0.4, 0.5) is 0 Å². The van der Waals surface area contributed by atoms with Crippen LogP contribution in [0.1, 0.15) is 38.3 Å². The molecule has 0 saturated carbocycles. The third-order valence-corrected chi connectivity index (χ3v) is 2.95. The molecule has 0 saturated heterocycles. The molecule has 0 spiro atoms. The molecule has 0 unspecified atom stereocenters. The van der Waals surface area contributed by atoms with Crippen molar-refractivity contribution in [1.29, 1.82) is 0 Å². The SMILES string of the molecule is CC[C@@H](C(=O)O)C(=O)N[C@@H](CC)c1ccccc1. The fraction of sp³-hybridized carbons (Fsp3) is 0.429. The van der Waals surface area contributed by atoms with Crippen LogP contribution in [-0.4, -0.2) is 17.0 Å². The predicted molar refractivity (Wildman–Crippen MR) is 69.0 cm³/mol. The Morgan fingerprint density at radius 1 is 1.17 bits per heavy atom. The monoisotopic (exact) mass is 249 g/mol. The number of carbonyl (C=O) groups excluding carboxylic acids is 1. The highest BCUT2D eigenvalue weighted by atomic mass is 16.4. The van der Waals surface area contributed by atoms with Crippen molar-refractivity contribution in [3.63, 3.8) is 0 Å². The van der Waals surface area contributed by atoms with Gasteiger partial charge in [0, 0.05) is 0 Å². The first kappa shape index (κ1) is 14.2. The number of carboxylic acid groups (broad SMARTS) is 1. The average Bonchev–Trinajstić information content (AvgIpc) is 2.37. The van der Waals surface area contributed by atoms with Gasteiger partial charge in [0.1, 0.15) is 5.92 Å². The van der Waals surface area contributed by atoms with E-state index >= 15 is 0 Å². The molecule has 18 heavy (non-hydrogen) atoms. The molecule has 98 valence electrons. The lowest BCUT2D eigenvalue weighted by Crippen LogP contribution is -2.37. The third kappa shape index (κ3) is 3.58. The van der Waals surface area contributed by atoms with Crippen LogP contribution >= 0.6 is 0 Å². The van der Waals surface area contributed by atoms with E-state index in [1.165, 1.54) is 0 Å². The Balaban J connectivity index is 2.75. The van der Waals surface area contributed by atoms with Crippen molar-refractivity contribution in [1.82, 2.24) is 5.32 Å². The Hall–Kier alpha value is -1.84. The number of carbonyl (C=O) groups is 2. The summed E-state index contributed by atoms with van der Waals surface area (Å²) in [7, 11) is 0. The summed E-state index contributed by atoms with van der Waals surface area (Å²) in [6.07, 6.45) is 1.03. The van der Waals surface area contributed by atoms with Crippen molar-refractivity contribution in [2.75, 3.05) is 0 Å². The number of aliphatic carboxylic acids is 1. The van der Waals surface area contributed by atoms with E-state index in [1.54, 1.807) is 6.92 Å². The summed E-state index contributed by atoms with van der Waals surface area (Å²) in [4.78, 5) is 22.8. The van der Waals surface area contributed by atoms with E-state index in [9.17, 15) is 9.59 Å².